The van der Waals surface area contributed by atoms with Crippen LogP contribution in [0.3, 0.4) is 0 Å². The number of aromatic hydroxyl groups is 1. The average Bonchev–Trinajstić information content (AvgIpc) is 2.37. The van der Waals surface area contributed by atoms with Crippen LogP contribution < -0.4 is 5.32 Å². The van der Waals surface area contributed by atoms with E-state index in [0.29, 0.717) is 5.56 Å². The first-order chi connectivity index (χ1) is 8.66. The maximum Gasteiger partial charge on any atom is 0.253 e. The third-order valence-corrected chi connectivity index (χ3v) is 2.40. The van der Waals surface area contributed by atoms with Crippen molar-refractivity contribution in [3.8, 4) is 5.75 Å². The zero-order valence-corrected chi connectivity index (χ0v) is 9.43. The van der Waals surface area contributed by atoms with Gasteiger partial charge in [-0.05, 0) is 12.1 Å². The van der Waals surface area contributed by atoms with E-state index in [1.807, 2.05) is 0 Å². The molecule has 0 unspecified atom stereocenters. The molecule has 1 amide bonds. The molecule has 2 aromatic rings. The number of halogens is 1. The Morgan fingerprint density at radius 1 is 1.33 bits per heavy atom. The maximum absolute atomic E-state index is 12.9. The van der Waals surface area contributed by atoms with Crippen LogP contribution in [0, 0.1) is 5.82 Å². The Bertz CT molecular complexity index is 572. The number of carbonyl (C=O) groups is 1. The van der Waals surface area contributed by atoms with E-state index in [1.54, 1.807) is 18.2 Å². The molecule has 0 aliphatic carbocycles. The summed E-state index contributed by atoms with van der Waals surface area (Å²) in [7, 11) is 0. The number of phenols is 1. The van der Waals surface area contributed by atoms with E-state index in [-0.39, 0.29) is 17.9 Å². The Hall–Kier alpha value is -2.43. The molecule has 0 saturated heterocycles. The van der Waals surface area contributed by atoms with Crippen LogP contribution in [0.25, 0.3) is 0 Å². The minimum Gasteiger partial charge on any atom is -0.508 e. The quantitative estimate of drug-likeness (QED) is 0.868. The van der Waals surface area contributed by atoms with E-state index in [2.05, 4.69) is 10.3 Å². The topological polar surface area (TPSA) is 62.2 Å². The van der Waals surface area contributed by atoms with Crippen LogP contribution >= 0.6 is 0 Å². The summed E-state index contributed by atoms with van der Waals surface area (Å²) in [6.07, 6.45) is 2.31. The lowest BCUT2D eigenvalue weighted by atomic mass is 10.2. The van der Waals surface area contributed by atoms with E-state index in [4.69, 9.17) is 0 Å². The summed E-state index contributed by atoms with van der Waals surface area (Å²) in [6, 6.07) is 7.78. The molecule has 5 heteroatoms. The van der Waals surface area contributed by atoms with Gasteiger partial charge in [0.25, 0.3) is 5.91 Å². The Kier molecular flexibility index (Phi) is 3.52. The first kappa shape index (κ1) is 12.0. The fraction of sp³-hybridized carbons (Fsp3) is 0.0769. The van der Waals surface area contributed by atoms with Crippen LogP contribution in [-0.2, 0) is 6.54 Å². The second kappa shape index (κ2) is 5.27. The molecule has 0 aliphatic heterocycles. The van der Waals surface area contributed by atoms with Gasteiger partial charge in [-0.15, -0.1) is 0 Å². The summed E-state index contributed by atoms with van der Waals surface area (Å²) in [5, 5.41) is 12.1. The first-order valence-corrected chi connectivity index (χ1v) is 5.32. The second-order valence-corrected chi connectivity index (χ2v) is 3.70. The zero-order valence-electron chi connectivity index (χ0n) is 9.43. The van der Waals surface area contributed by atoms with Gasteiger partial charge in [-0.1, -0.05) is 18.2 Å². The molecular weight excluding hydrogens is 235 g/mol. The van der Waals surface area contributed by atoms with Crippen LogP contribution in [0.15, 0.2) is 42.7 Å². The number of rotatable bonds is 3. The van der Waals surface area contributed by atoms with Gasteiger partial charge in [0.15, 0.2) is 0 Å². The van der Waals surface area contributed by atoms with Crippen LogP contribution in [-0.4, -0.2) is 16.0 Å². The monoisotopic (exact) mass is 246 g/mol. The van der Waals surface area contributed by atoms with E-state index < -0.39 is 11.7 Å². The van der Waals surface area contributed by atoms with Crippen molar-refractivity contribution in [2.75, 3.05) is 0 Å². The number of carbonyl (C=O) groups excluding carboxylic acids is 1. The minimum atomic E-state index is -0.565. The van der Waals surface area contributed by atoms with Crippen molar-refractivity contribution < 1.29 is 14.3 Å². The Labute approximate surface area is 103 Å². The van der Waals surface area contributed by atoms with E-state index in [1.165, 1.54) is 12.3 Å². The molecule has 1 heterocycles. The van der Waals surface area contributed by atoms with Gasteiger partial charge in [0, 0.05) is 18.3 Å². The lowest BCUT2D eigenvalue weighted by Crippen LogP contribution is -2.23. The minimum absolute atomic E-state index is 0.107. The Balaban J connectivity index is 2.03. The lowest BCUT2D eigenvalue weighted by Gasteiger charge is -2.06. The number of nitrogens with one attached hydrogen (secondary N) is 1. The smallest absolute Gasteiger partial charge is 0.253 e. The number of phenolic OH excluding ortho intramolecular Hbond substituents is 1. The fourth-order valence-corrected chi connectivity index (χ4v) is 1.47. The summed E-state index contributed by atoms with van der Waals surface area (Å²) < 4.78 is 12.9. The Morgan fingerprint density at radius 2 is 2.11 bits per heavy atom. The van der Waals surface area contributed by atoms with Gasteiger partial charge in [0.05, 0.1) is 11.8 Å². The molecule has 1 aromatic heterocycles. The number of hydrogen-bond donors (Lipinski definition) is 2. The van der Waals surface area contributed by atoms with Crippen molar-refractivity contribution in [2.45, 2.75) is 6.54 Å². The maximum atomic E-state index is 12.9. The highest BCUT2D eigenvalue weighted by atomic mass is 19.1. The molecule has 0 aliphatic rings. The van der Waals surface area contributed by atoms with Crippen LogP contribution in [0.1, 0.15) is 15.9 Å². The first-order valence-electron chi connectivity index (χ1n) is 5.32. The SMILES string of the molecule is O=C(NCc1ccccc1O)c1cncc(F)c1. The molecule has 0 bridgehead atoms. The third kappa shape index (κ3) is 2.82. The molecule has 92 valence electrons. The number of nitrogens with zero attached hydrogens (tertiary/aromatic N) is 1. The number of aromatic nitrogens is 1. The van der Waals surface area contributed by atoms with Crippen molar-refractivity contribution in [1.82, 2.24) is 10.3 Å². The third-order valence-electron chi connectivity index (χ3n) is 2.40. The summed E-state index contributed by atoms with van der Waals surface area (Å²) in [6.45, 7) is 0.169. The fourth-order valence-electron chi connectivity index (χ4n) is 1.47. The zero-order chi connectivity index (χ0) is 13.0. The number of para-hydroxylation sites is 1. The van der Waals surface area contributed by atoms with Crippen LogP contribution in [0.5, 0.6) is 5.75 Å². The summed E-state index contributed by atoms with van der Waals surface area (Å²) >= 11 is 0. The number of amides is 1. The van der Waals surface area contributed by atoms with E-state index >= 15 is 0 Å². The molecule has 0 radical (unpaired) electrons. The normalized spacial score (nSPS) is 10.1. The molecule has 0 fully saturated rings. The second-order valence-electron chi connectivity index (χ2n) is 3.70. The summed E-state index contributed by atoms with van der Waals surface area (Å²) in [5.41, 5.74) is 0.737. The van der Waals surface area contributed by atoms with Crippen molar-refractivity contribution in [3.63, 3.8) is 0 Å². The predicted molar refractivity (Wildman–Crippen MR) is 63.5 cm³/mol. The lowest BCUT2D eigenvalue weighted by molar-refractivity contribution is 0.0950. The molecule has 4 nitrogen and oxygen atoms in total. The van der Waals surface area contributed by atoms with E-state index in [9.17, 15) is 14.3 Å². The number of hydrogen-bond acceptors (Lipinski definition) is 3. The summed E-state index contributed by atoms with van der Waals surface area (Å²) in [5.74, 6) is -0.898. The molecule has 0 spiro atoms. The van der Waals surface area contributed by atoms with Gasteiger partial charge < -0.3 is 10.4 Å². The van der Waals surface area contributed by atoms with E-state index in [0.717, 1.165) is 12.3 Å². The van der Waals surface area contributed by atoms with Crippen molar-refractivity contribution in [2.24, 2.45) is 0 Å². The number of benzene rings is 1. The molecule has 0 saturated carbocycles. The van der Waals surface area contributed by atoms with Gasteiger partial charge in [-0.3, -0.25) is 9.78 Å². The van der Waals surface area contributed by atoms with Crippen LogP contribution in [0.2, 0.25) is 0 Å². The molecule has 1 aromatic carbocycles. The van der Waals surface area contributed by atoms with Crippen molar-refractivity contribution in [3.05, 3.63) is 59.7 Å². The van der Waals surface area contributed by atoms with Gasteiger partial charge in [-0.2, -0.15) is 0 Å². The highest BCUT2D eigenvalue weighted by Crippen LogP contribution is 2.15. The van der Waals surface area contributed by atoms with Gasteiger partial charge in [0.1, 0.15) is 11.6 Å². The standard InChI is InChI=1S/C13H11FN2O2/c14-11-5-10(6-15-8-11)13(18)16-7-9-3-1-2-4-12(9)17/h1-6,8,17H,7H2,(H,16,18). The molecule has 2 rings (SSSR count). The van der Waals surface area contributed by atoms with Gasteiger partial charge in [0.2, 0.25) is 0 Å². The molecule has 2 N–H and O–H groups in total. The predicted octanol–water partition coefficient (Wildman–Crippen LogP) is 1.86. The molecule has 18 heavy (non-hydrogen) atoms. The summed E-state index contributed by atoms with van der Waals surface area (Å²) in [4.78, 5) is 15.3. The number of pyridine rings is 1. The van der Waals surface area contributed by atoms with Crippen molar-refractivity contribution in [1.29, 1.82) is 0 Å². The van der Waals surface area contributed by atoms with Gasteiger partial charge >= 0.3 is 0 Å². The largest absolute Gasteiger partial charge is 0.508 e. The van der Waals surface area contributed by atoms with Crippen LogP contribution in [0.4, 0.5) is 4.39 Å². The van der Waals surface area contributed by atoms with Gasteiger partial charge in [-0.25, -0.2) is 4.39 Å². The van der Waals surface area contributed by atoms with Crippen molar-refractivity contribution >= 4 is 5.91 Å². The Morgan fingerprint density at radius 3 is 2.83 bits per heavy atom. The highest BCUT2D eigenvalue weighted by molar-refractivity contribution is 5.93. The highest BCUT2D eigenvalue weighted by Gasteiger charge is 2.07. The molecular formula is C13H11FN2O2. The average molecular weight is 246 g/mol. The molecule has 0 atom stereocenters.